The largest absolute Gasteiger partial charge is 0.461 e. The van der Waals surface area contributed by atoms with Crippen LogP contribution < -0.4 is 5.32 Å². The lowest BCUT2D eigenvalue weighted by Gasteiger charge is -2.17. The molecule has 0 atom stereocenters. The molecule has 4 nitrogen and oxygen atoms in total. The molecule has 0 aliphatic carbocycles. The van der Waals surface area contributed by atoms with Crippen molar-refractivity contribution in [2.75, 3.05) is 11.9 Å². The SMILES string of the molecule is CCOC(=O)C(=N)/C(C)=C(\Nc1ccc(Cl)cc1Cl)c1ccc(Cl)cc1. The quantitative estimate of drug-likeness (QED) is 0.448. The Morgan fingerprint density at radius 1 is 1.08 bits per heavy atom. The summed E-state index contributed by atoms with van der Waals surface area (Å²) in [5.74, 6) is -0.694. The number of carbonyl (C=O) groups excluding carboxylic acids is 1. The van der Waals surface area contributed by atoms with Crippen LogP contribution >= 0.6 is 34.8 Å². The van der Waals surface area contributed by atoms with Crippen molar-refractivity contribution >= 4 is 57.9 Å². The fourth-order valence-corrected chi connectivity index (χ4v) is 2.79. The predicted octanol–water partition coefficient (Wildman–Crippen LogP) is 6.07. The molecule has 2 rings (SSSR count). The van der Waals surface area contributed by atoms with Crippen molar-refractivity contribution in [1.82, 2.24) is 0 Å². The van der Waals surface area contributed by atoms with E-state index in [0.29, 0.717) is 32.0 Å². The van der Waals surface area contributed by atoms with Gasteiger partial charge in [0.1, 0.15) is 5.71 Å². The first-order valence-corrected chi connectivity index (χ1v) is 8.91. The van der Waals surface area contributed by atoms with Crippen LogP contribution in [0.3, 0.4) is 0 Å². The third kappa shape index (κ3) is 5.01. The lowest BCUT2D eigenvalue weighted by molar-refractivity contribution is -0.135. The van der Waals surface area contributed by atoms with E-state index in [1.54, 1.807) is 56.3 Å². The molecule has 0 saturated carbocycles. The van der Waals surface area contributed by atoms with Gasteiger partial charge in [-0.05, 0) is 49.7 Å². The summed E-state index contributed by atoms with van der Waals surface area (Å²) >= 11 is 18.2. The van der Waals surface area contributed by atoms with E-state index in [2.05, 4.69) is 5.32 Å². The Morgan fingerprint density at radius 3 is 2.27 bits per heavy atom. The van der Waals surface area contributed by atoms with Gasteiger partial charge in [-0.2, -0.15) is 0 Å². The zero-order chi connectivity index (χ0) is 19.3. The van der Waals surface area contributed by atoms with E-state index in [9.17, 15) is 4.79 Å². The first kappa shape index (κ1) is 20.3. The number of anilines is 1. The Morgan fingerprint density at radius 2 is 1.69 bits per heavy atom. The third-order valence-electron chi connectivity index (χ3n) is 3.55. The molecule has 0 bridgehead atoms. The lowest BCUT2D eigenvalue weighted by atomic mass is 10.0. The molecule has 0 saturated heterocycles. The molecule has 0 spiro atoms. The van der Waals surface area contributed by atoms with Crippen molar-refractivity contribution in [3.8, 4) is 0 Å². The molecule has 0 unspecified atom stereocenters. The summed E-state index contributed by atoms with van der Waals surface area (Å²) in [5.41, 5.74) is 2.05. The standard InChI is InChI=1S/C19H17Cl3N2O2/c1-3-26-19(25)17(23)11(2)18(12-4-6-13(20)7-5-12)24-16-9-8-14(21)10-15(16)22/h4-10,23-24H,3H2,1-2H3/b18-11-,23-17?. The monoisotopic (exact) mass is 410 g/mol. The maximum atomic E-state index is 12.0. The van der Waals surface area contributed by atoms with Gasteiger partial charge in [0.25, 0.3) is 0 Å². The first-order chi connectivity index (χ1) is 12.3. The van der Waals surface area contributed by atoms with Gasteiger partial charge in [0.2, 0.25) is 0 Å². The van der Waals surface area contributed by atoms with Crippen molar-refractivity contribution < 1.29 is 9.53 Å². The summed E-state index contributed by atoms with van der Waals surface area (Å²) in [6, 6.07) is 12.1. The summed E-state index contributed by atoms with van der Waals surface area (Å²) in [4.78, 5) is 12.0. The smallest absolute Gasteiger partial charge is 0.356 e. The minimum absolute atomic E-state index is 0.196. The fourth-order valence-electron chi connectivity index (χ4n) is 2.21. The summed E-state index contributed by atoms with van der Waals surface area (Å²) < 4.78 is 4.93. The highest BCUT2D eigenvalue weighted by molar-refractivity contribution is 6.43. The molecule has 26 heavy (non-hydrogen) atoms. The van der Waals surface area contributed by atoms with E-state index in [1.165, 1.54) is 0 Å². The number of hydrogen-bond acceptors (Lipinski definition) is 4. The third-order valence-corrected chi connectivity index (χ3v) is 4.35. The molecule has 136 valence electrons. The van der Waals surface area contributed by atoms with Crippen molar-refractivity contribution in [2.24, 2.45) is 0 Å². The van der Waals surface area contributed by atoms with E-state index >= 15 is 0 Å². The van der Waals surface area contributed by atoms with Gasteiger partial charge in [-0.1, -0.05) is 46.9 Å². The van der Waals surface area contributed by atoms with E-state index in [-0.39, 0.29) is 12.3 Å². The van der Waals surface area contributed by atoms with Gasteiger partial charge in [-0.15, -0.1) is 0 Å². The molecule has 0 heterocycles. The summed E-state index contributed by atoms with van der Waals surface area (Å²) in [7, 11) is 0. The second-order valence-electron chi connectivity index (χ2n) is 5.35. The number of hydrogen-bond donors (Lipinski definition) is 2. The highest BCUT2D eigenvalue weighted by Gasteiger charge is 2.18. The molecule has 0 aliphatic heterocycles. The van der Waals surface area contributed by atoms with Crippen molar-refractivity contribution in [3.63, 3.8) is 0 Å². The Hall–Kier alpha value is -2.01. The van der Waals surface area contributed by atoms with Gasteiger partial charge in [-0.25, -0.2) is 4.79 Å². The highest BCUT2D eigenvalue weighted by Crippen LogP contribution is 2.30. The van der Waals surface area contributed by atoms with E-state index in [1.807, 2.05) is 0 Å². The Kier molecular flexibility index (Phi) is 7.09. The normalized spacial score (nSPS) is 11.6. The van der Waals surface area contributed by atoms with Crippen molar-refractivity contribution in [1.29, 1.82) is 5.41 Å². The number of halogens is 3. The summed E-state index contributed by atoms with van der Waals surface area (Å²) in [6.45, 7) is 3.55. The molecule has 0 aromatic heterocycles. The van der Waals surface area contributed by atoms with Crippen molar-refractivity contribution in [3.05, 3.63) is 68.7 Å². The number of ether oxygens (including phenoxy) is 1. The number of rotatable bonds is 6. The minimum Gasteiger partial charge on any atom is -0.461 e. The summed E-state index contributed by atoms with van der Waals surface area (Å²) in [5, 5.41) is 12.8. The molecule has 0 amide bonds. The number of carbonyl (C=O) groups is 1. The molecule has 0 radical (unpaired) electrons. The average Bonchev–Trinajstić information content (AvgIpc) is 2.61. The van der Waals surface area contributed by atoms with Crippen LogP contribution in [0.1, 0.15) is 19.4 Å². The maximum absolute atomic E-state index is 12.0. The van der Waals surface area contributed by atoms with Crippen LogP contribution in [0.2, 0.25) is 15.1 Å². The molecule has 2 N–H and O–H groups in total. The van der Waals surface area contributed by atoms with Gasteiger partial charge in [0.15, 0.2) is 0 Å². The maximum Gasteiger partial charge on any atom is 0.356 e. The Labute approximate surface area is 167 Å². The van der Waals surface area contributed by atoms with E-state index in [4.69, 9.17) is 44.9 Å². The van der Waals surface area contributed by atoms with Crippen LogP contribution in [-0.2, 0) is 9.53 Å². The van der Waals surface area contributed by atoms with Crippen LogP contribution in [0, 0.1) is 5.41 Å². The topological polar surface area (TPSA) is 62.2 Å². The molecular formula is C19H17Cl3N2O2. The van der Waals surface area contributed by atoms with Crippen molar-refractivity contribution in [2.45, 2.75) is 13.8 Å². The van der Waals surface area contributed by atoms with Gasteiger partial charge in [0, 0.05) is 15.6 Å². The molecule has 2 aromatic carbocycles. The van der Waals surface area contributed by atoms with Gasteiger partial charge >= 0.3 is 5.97 Å². The number of esters is 1. The minimum atomic E-state index is -0.694. The second kappa shape index (κ2) is 9.08. The number of nitrogens with one attached hydrogen (secondary N) is 2. The zero-order valence-electron chi connectivity index (χ0n) is 14.2. The van der Waals surface area contributed by atoms with Gasteiger partial charge in [-0.3, -0.25) is 5.41 Å². The summed E-state index contributed by atoms with van der Waals surface area (Å²) in [6.07, 6.45) is 0. The molecule has 0 aliphatic rings. The van der Waals surface area contributed by atoms with Crippen LogP contribution in [-0.4, -0.2) is 18.3 Å². The molecule has 7 heteroatoms. The Bertz CT molecular complexity index is 862. The Balaban J connectivity index is 2.51. The zero-order valence-corrected chi connectivity index (χ0v) is 16.5. The van der Waals surface area contributed by atoms with Crippen LogP contribution in [0.4, 0.5) is 5.69 Å². The predicted molar refractivity (Wildman–Crippen MR) is 108 cm³/mol. The lowest BCUT2D eigenvalue weighted by Crippen LogP contribution is -2.20. The van der Waals surface area contributed by atoms with Crippen LogP contribution in [0.5, 0.6) is 0 Å². The number of benzene rings is 2. The fraction of sp³-hybridized carbons (Fsp3) is 0.158. The first-order valence-electron chi connectivity index (χ1n) is 7.78. The molecule has 0 fully saturated rings. The average molecular weight is 412 g/mol. The highest BCUT2D eigenvalue weighted by atomic mass is 35.5. The molecular weight excluding hydrogens is 395 g/mol. The van der Waals surface area contributed by atoms with Crippen LogP contribution in [0.15, 0.2) is 48.0 Å². The van der Waals surface area contributed by atoms with E-state index in [0.717, 1.165) is 5.56 Å². The van der Waals surface area contributed by atoms with E-state index < -0.39 is 5.97 Å². The van der Waals surface area contributed by atoms with Gasteiger partial charge in [0.05, 0.1) is 23.0 Å². The van der Waals surface area contributed by atoms with Crippen LogP contribution in [0.25, 0.3) is 5.70 Å². The second-order valence-corrected chi connectivity index (χ2v) is 6.63. The van der Waals surface area contributed by atoms with Gasteiger partial charge < -0.3 is 10.1 Å². The molecule has 2 aromatic rings.